The average molecular weight is 495 g/mol. The number of sulfonamides is 1. The number of benzene rings is 3. The van der Waals surface area contributed by atoms with Crippen molar-refractivity contribution in [2.75, 3.05) is 10.8 Å². The molecule has 1 N–H and O–H groups in total. The number of amides is 1. The zero-order chi connectivity index (χ0) is 25.0. The first-order chi connectivity index (χ1) is 16.8. The van der Waals surface area contributed by atoms with Gasteiger partial charge >= 0.3 is 0 Å². The molecule has 0 aromatic heterocycles. The largest absolute Gasteiger partial charge is 0.348 e. The van der Waals surface area contributed by atoms with E-state index in [-0.39, 0.29) is 16.6 Å². The van der Waals surface area contributed by atoms with Gasteiger partial charge in [-0.05, 0) is 92.1 Å². The van der Waals surface area contributed by atoms with E-state index < -0.39 is 28.3 Å². The summed E-state index contributed by atoms with van der Waals surface area (Å²) in [6.07, 6.45) is 5.17. The fraction of sp³-hybridized carbons (Fsp3) is 0.321. The molecule has 35 heavy (non-hydrogen) atoms. The van der Waals surface area contributed by atoms with Gasteiger partial charge in [-0.15, -0.1) is 0 Å². The van der Waals surface area contributed by atoms with Crippen LogP contribution >= 0.6 is 0 Å². The molecule has 0 bridgehead atoms. The number of halogens is 1. The molecule has 0 radical (unpaired) electrons. The Morgan fingerprint density at radius 2 is 1.63 bits per heavy atom. The van der Waals surface area contributed by atoms with E-state index in [1.54, 1.807) is 12.1 Å². The van der Waals surface area contributed by atoms with Crippen molar-refractivity contribution in [2.24, 2.45) is 0 Å². The van der Waals surface area contributed by atoms with E-state index in [0.717, 1.165) is 28.3 Å². The Labute approximate surface area is 207 Å². The Hall–Kier alpha value is -3.19. The van der Waals surface area contributed by atoms with Crippen LogP contribution in [0.15, 0.2) is 71.6 Å². The molecule has 1 atom stereocenters. The second kappa shape index (κ2) is 10.6. The minimum absolute atomic E-state index is 0.0713. The molecule has 3 aromatic carbocycles. The maximum absolute atomic E-state index is 13.6. The number of hydrogen-bond donors (Lipinski definition) is 1. The van der Waals surface area contributed by atoms with E-state index >= 15 is 0 Å². The van der Waals surface area contributed by atoms with Crippen molar-refractivity contribution < 1.29 is 17.6 Å². The van der Waals surface area contributed by atoms with Crippen LogP contribution in [0.3, 0.4) is 0 Å². The second-order valence-corrected chi connectivity index (χ2v) is 10.9. The van der Waals surface area contributed by atoms with Crippen LogP contribution in [0.25, 0.3) is 0 Å². The van der Waals surface area contributed by atoms with Crippen molar-refractivity contribution in [1.82, 2.24) is 5.32 Å². The zero-order valence-electron chi connectivity index (χ0n) is 20.1. The highest BCUT2D eigenvalue weighted by Crippen LogP contribution is 2.27. The number of aryl methyl sites for hydroxylation is 3. The zero-order valence-corrected chi connectivity index (χ0v) is 20.9. The number of anilines is 1. The van der Waals surface area contributed by atoms with Crippen molar-refractivity contribution in [1.29, 1.82) is 0 Å². The third-order valence-corrected chi connectivity index (χ3v) is 8.32. The van der Waals surface area contributed by atoms with Gasteiger partial charge in [0.25, 0.3) is 10.0 Å². The molecule has 0 aliphatic heterocycles. The second-order valence-electron chi connectivity index (χ2n) is 9.06. The Morgan fingerprint density at radius 1 is 0.971 bits per heavy atom. The topological polar surface area (TPSA) is 66.5 Å². The quantitative estimate of drug-likeness (QED) is 0.451. The predicted octanol–water partition coefficient (Wildman–Crippen LogP) is 5.48. The summed E-state index contributed by atoms with van der Waals surface area (Å²) in [6, 6.07) is 17.7. The van der Waals surface area contributed by atoms with Gasteiger partial charge < -0.3 is 5.32 Å². The molecule has 7 heteroatoms. The molecule has 5 nitrogen and oxygen atoms in total. The number of hydrogen-bond acceptors (Lipinski definition) is 3. The van der Waals surface area contributed by atoms with Gasteiger partial charge in [-0.1, -0.05) is 42.8 Å². The fourth-order valence-corrected chi connectivity index (χ4v) is 5.94. The normalized spacial score (nSPS) is 14.1. The molecular weight excluding hydrogens is 463 g/mol. The van der Waals surface area contributed by atoms with Crippen molar-refractivity contribution in [3.8, 4) is 0 Å². The van der Waals surface area contributed by atoms with E-state index in [1.807, 2.05) is 13.8 Å². The van der Waals surface area contributed by atoms with Gasteiger partial charge in [0.15, 0.2) is 0 Å². The standard InChI is InChI=1S/C28H31FN2O3S/c1-3-27(23-11-10-21-6-4-5-7-22(21)18-23)30-28(32)19-31(25-14-12-24(29)13-15-25)35(33,34)26-16-8-20(2)9-17-26/h8-18,27H,3-7,19H2,1-2H3,(H,30,32)/t27-/m0/s1. The van der Waals surface area contributed by atoms with Gasteiger partial charge in [-0.2, -0.15) is 0 Å². The summed E-state index contributed by atoms with van der Waals surface area (Å²) in [5.41, 5.74) is 4.87. The van der Waals surface area contributed by atoms with E-state index in [4.69, 9.17) is 0 Å². The number of rotatable bonds is 8. The number of carbonyl (C=O) groups is 1. The van der Waals surface area contributed by atoms with Crippen LogP contribution in [0.2, 0.25) is 0 Å². The highest BCUT2D eigenvalue weighted by atomic mass is 32.2. The summed E-state index contributed by atoms with van der Waals surface area (Å²) in [4.78, 5) is 13.2. The third-order valence-electron chi connectivity index (χ3n) is 6.53. The van der Waals surface area contributed by atoms with Crippen molar-refractivity contribution in [3.63, 3.8) is 0 Å². The Bertz CT molecular complexity index is 1290. The van der Waals surface area contributed by atoms with Crippen molar-refractivity contribution in [3.05, 3.63) is 94.8 Å². The first kappa shape index (κ1) is 24.9. The molecule has 1 aliphatic carbocycles. The van der Waals surface area contributed by atoms with E-state index in [2.05, 4.69) is 23.5 Å². The lowest BCUT2D eigenvalue weighted by Gasteiger charge is -2.26. The van der Waals surface area contributed by atoms with Gasteiger partial charge in [0, 0.05) is 0 Å². The molecule has 184 valence electrons. The first-order valence-corrected chi connectivity index (χ1v) is 13.5. The van der Waals surface area contributed by atoms with Crippen molar-refractivity contribution >= 4 is 21.6 Å². The smallest absolute Gasteiger partial charge is 0.264 e. The molecule has 0 fully saturated rings. The summed E-state index contributed by atoms with van der Waals surface area (Å²) in [5.74, 6) is -0.904. The highest BCUT2D eigenvalue weighted by Gasteiger charge is 2.28. The molecule has 0 spiro atoms. The van der Waals surface area contributed by atoms with Gasteiger partial charge in [-0.25, -0.2) is 12.8 Å². The number of nitrogens with one attached hydrogen (secondary N) is 1. The molecule has 4 rings (SSSR count). The number of nitrogens with zero attached hydrogens (tertiary/aromatic N) is 1. The molecule has 1 amide bonds. The van der Waals surface area contributed by atoms with Gasteiger partial charge in [-0.3, -0.25) is 9.10 Å². The van der Waals surface area contributed by atoms with Crippen LogP contribution in [-0.4, -0.2) is 20.9 Å². The lowest BCUT2D eigenvalue weighted by Crippen LogP contribution is -2.42. The van der Waals surface area contributed by atoms with E-state index in [9.17, 15) is 17.6 Å². The minimum atomic E-state index is -4.05. The summed E-state index contributed by atoms with van der Waals surface area (Å²) in [6.45, 7) is 3.45. The predicted molar refractivity (Wildman–Crippen MR) is 136 cm³/mol. The monoisotopic (exact) mass is 494 g/mol. The maximum atomic E-state index is 13.6. The fourth-order valence-electron chi connectivity index (χ4n) is 4.52. The van der Waals surface area contributed by atoms with Crippen LogP contribution < -0.4 is 9.62 Å². The summed E-state index contributed by atoms with van der Waals surface area (Å²) >= 11 is 0. The van der Waals surface area contributed by atoms with E-state index in [1.165, 1.54) is 60.4 Å². The van der Waals surface area contributed by atoms with Crippen LogP contribution in [0, 0.1) is 12.7 Å². The Balaban J connectivity index is 1.59. The minimum Gasteiger partial charge on any atom is -0.348 e. The SMILES string of the molecule is CC[C@H](NC(=O)CN(c1ccc(F)cc1)S(=O)(=O)c1ccc(C)cc1)c1ccc2c(c1)CCCC2. The third kappa shape index (κ3) is 5.73. The van der Waals surface area contributed by atoms with E-state index in [0.29, 0.717) is 6.42 Å². The molecule has 0 unspecified atom stereocenters. The molecule has 0 heterocycles. The van der Waals surface area contributed by atoms with Crippen LogP contribution in [0.5, 0.6) is 0 Å². The van der Waals surface area contributed by atoms with Crippen molar-refractivity contribution in [2.45, 2.75) is 56.9 Å². The molecule has 0 saturated carbocycles. The van der Waals surface area contributed by atoms with Gasteiger partial charge in [0.2, 0.25) is 5.91 Å². The number of fused-ring (bicyclic) bond motifs is 1. The molecular formula is C28H31FN2O3S. The Morgan fingerprint density at radius 3 is 2.29 bits per heavy atom. The first-order valence-electron chi connectivity index (χ1n) is 12.0. The molecule has 3 aromatic rings. The molecule has 0 saturated heterocycles. The highest BCUT2D eigenvalue weighted by molar-refractivity contribution is 7.92. The summed E-state index contributed by atoms with van der Waals surface area (Å²) < 4.78 is 41.6. The summed E-state index contributed by atoms with van der Waals surface area (Å²) in [7, 11) is -4.05. The van der Waals surface area contributed by atoms with Crippen LogP contribution in [0.4, 0.5) is 10.1 Å². The lowest BCUT2D eigenvalue weighted by atomic mass is 9.89. The van der Waals surface area contributed by atoms with Gasteiger partial charge in [0.1, 0.15) is 12.4 Å². The molecule has 1 aliphatic rings. The number of carbonyl (C=O) groups excluding carboxylic acids is 1. The van der Waals surface area contributed by atoms with Gasteiger partial charge in [0.05, 0.1) is 16.6 Å². The average Bonchev–Trinajstić information content (AvgIpc) is 2.86. The van der Waals surface area contributed by atoms with Crippen LogP contribution in [-0.2, 0) is 27.7 Å². The Kier molecular flexibility index (Phi) is 7.55. The maximum Gasteiger partial charge on any atom is 0.264 e. The summed E-state index contributed by atoms with van der Waals surface area (Å²) in [5, 5.41) is 3.01. The van der Waals surface area contributed by atoms with Crippen LogP contribution in [0.1, 0.15) is 54.5 Å². The lowest BCUT2D eigenvalue weighted by molar-refractivity contribution is -0.120.